The number of fused-ring (bicyclic) bond motifs is 1. The van der Waals surface area contributed by atoms with Gasteiger partial charge in [-0.3, -0.25) is 4.79 Å². The normalized spacial score (nSPS) is 11.0. The van der Waals surface area contributed by atoms with E-state index in [-0.39, 0.29) is 5.78 Å². The van der Waals surface area contributed by atoms with Gasteiger partial charge < -0.3 is 4.57 Å². The summed E-state index contributed by atoms with van der Waals surface area (Å²) < 4.78 is 2.31. The van der Waals surface area contributed by atoms with Crippen LogP contribution in [0.1, 0.15) is 47.8 Å². The first-order chi connectivity index (χ1) is 11.2. The molecule has 1 aromatic heterocycles. The summed E-state index contributed by atoms with van der Waals surface area (Å²) in [7, 11) is 0. The van der Waals surface area contributed by atoms with Gasteiger partial charge in [-0.25, -0.2) is 0 Å². The van der Waals surface area contributed by atoms with E-state index in [1.165, 1.54) is 18.4 Å². The lowest BCUT2D eigenvalue weighted by Gasteiger charge is -2.08. The highest BCUT2D eigenvalue weighted by molar-refractivity contribution is 6.17. The molecule has 0 N–H and O–H groups in total. The van der Waals surface area contributed by atoms with Gasteiger partial charge in [0, 0.05) is 28.7 Å². The second kappa shape index (κ2) is 6.82. The molecule has 0 amide bonds. The largest absolute Gasteiger partial charge is 0.344 e. The van der Waals surface area contributed by atoms with Crippen molar-refractivity contribution >= 4 is 16.7 Å². The molecule has 0 aliphatic heterocycles. The van der Waals surface area contributed by atoms with E-state index in [4.69, 9.17) is 0 Å². The van der Waals surface area contributed by atoms with E-state index in [0.717, 1.165) is 35.2 Å². The van der Waals surface area contributed by atoms with E-state index in [2.05, 4.69) is 36.6 Å². The Labute approximate surface area is 137 Å². The van der Waals surface area contributed by atoms with Gasteiger partial charge in [0.05, 0.1) is 5.56 Å². The van der Waals surface area contributed by atoms with Crippen molar-refractivity contribution in [3.63, 3.8) is 0 Å². The summed E-state index contributed by atoms with van der Waals surface area (Å²) in [6.07, 6.45) is 3.57. The summed E-state index contributed by atoms with van der Waals surface area (Å²) in [5, 5.41) is 1.07. The van der Waals surface area contributed by atoms with Crippen molar-refractivity contribution in [2.75, 3.05) is 0 Å². The fourth-order valence-electron chi connectivity index (χ4n) is 3.26. The summed E-state index contributed by atoms with van der Waals surface area (Å²) >= 11 is 0. The second-order valence-electron chi connectivity index (χ2n) is 6.03. The van der Waals surface area contributed by atoms with Crippen molar-refractivity contribution in [2.24, 2.45) is 0 Å². The SMILES string of the molecule is CCCCCn1c(C)c(C(=O)c2ccccc2)c2ccccc21. The zero-order valence-electron chi connectivity index (χ0n) is 13.9. The van der Waals surface area contributed by atoms with Gasteiger partial charge in [-0.1, -0.05) is 68.3 Å². The predicted molar refractivity (Wildman–Crippen MR) is 96.1 cm³/mol. The molecular formula is C21H23NO. The summed E-state index contributed by atoms with van der Waals surface area (Å²) in [5.41, 5.74) is 3.85. The van der Waals surface area contributed by atoms with Crippen LogP contribution in [0, 0.1) is 6.92 Å². The number of hydrogen-bond donors (Lipinski definition) is 0. The van der Waals surface area contributed by atoms with Crippen LogP contribution in [0.25, 0.3) is 10.9 Å². The molecule has 2 nitrogen and oxygen atoms in total. The van der Waals surface area contributed by atoms with Gasteiger partial charge in [0.25, 0.3) is 0 Å². The molecule has 0 aliphatic rings. The van der Waals surface area contributed by atoms with Crippen LogP contribution in [-0.4, -0.2) is 10.4 Å². The van der Waals surface area contributed by atoms with E-state index in [1.807, 2.05) is 36.4 Å². The average Bonchev–Trinajstić information content (AvgIpc) is 2.87. The molecule has 0 fully saturated rings. The molecule has 0 atom stereocenters. The number of para-hydroxylation sites is 1. The second-order valence-corrected chi connectivity index (χ2v) is 6.03. The first kappa shape index (κ1) is 15.5. The minimum atomic E-state index is 0.119. The zero-order chi connectivity index (χ0) is 16.2. The van der Waals surface area contributed by atoms with Crippen molar-refractivity contribution < 1.29 is 4.79 Å². The van der Waals surface area contributed by atoms with Crippen molar-refractivity contribution in [2.45, 2.75) is 39.7 Å². The topological polar surface area (TPSA) is 22.0 Å². The van der Waals surface area contributed by atoms with Gasteiger partial charge in [0.15, 0.2) is 5.78 Å². The first-order valence-electron chi connectivity index (χ1n) is 8.41. The number of aromatic nitrogens is 1. The van der Waals surface area contributed by atoms with Crippen LogP contribution in [0.5, 0.6) is 0 Å². The molecule has 3 aromatic rings. The number of carbonyl (C=O) groups is 1. The van der Waals surface area contributed by atoms with Crippen molar-refractivity contribution in [1.82, 2.24) is 4.57 Å². The van der Waals surface area contributed by atoms with E-state index in [1.54, 1.807) is 0 Å². The Morgan fingerprint density at radius 2 is 1.65 bits per heavy atom. The van der Waals surface area contributed by atoms with E-state index < -0.39 is 0 Å². The Balaban J connectivity index is 2.10. The standard InChI is InChI=1S/C21H23NO/c1-3-4-10-15-22-16(2)20(18-13-8-9-14-19(18)22)21(23)17-11-6-5-7-12-17/h5-9,11-14H,3-4,10,15H2,1-2H3. The fraction of sp³-hybridized carbons (Fsp3) is 0.286. The molecular weight excluding hydrogens is 282 g/mol. The number of unbranched alkanes of at least 4 members (excludes halogenated alkanes) is 2. The Kier molecular flexibility index (Phi) is 4.61. The Morgan fingerprint density at radius 1 is 0.957 bits per heavy atom. The van der Waals surface area contributed by atoms with Crippen LogP contribution in [0.4, 0.5) is 0 Å². The van der Waals surface area contributed by atoms with Crippen LogP contribution in [-0.2, 0) is 6.54 Å². The maximum Gasteiger partial charge on any atom is 0.195 e. The van der Waals surface area contributed by atoms with Gasteiger partial charge in [0.2, 0.25) is 0 Å². The minimum Gasteiger partial charge on any atom is -0.344 e. The Bertz CT molecular complexity index is 814. The number of ketones is 1. The van der Waals surface area contributed by atoms with Crippen LogP contribution in [0.3, 0.4) is 0 Å². The first-order valence-corrected chi connectivity index (χ1v) is 8.41. The Morgan fingerprint density at radius 3 is 2.39 bits per heavy atom. The molecule has 2 aromatic carbocycles. The number of aryl methyl sites for hydroxylation is 1. The molecule has 0 spiro atoms. The van der Waals surface area contributed by atoms with Crippen LogP contribution >= 0.6 is 0 Å². The number of rotatable bonds is 6. The third-order valence-electron chi connectivity index (χ3n) is 4.48. The summed E-state index contributed by atoms with van der Waals surface area (Å²) in [6, 6.07) is 17.8. The average molecular weight is 305 g/mol. The van der Waals surface area contributed by atoms with Crippen LogP contribution < -0.4 is 0 Å². The van der Waals surface area contributed by atoms with E-state index in [9.17, 15) is 4.79 Å². The van der Waals surface area contributed by atoms with Gasteiger partial charge in [0.1, 0.15) is 0 Å². The maximum atomic E-state index is 13.0. The molecule has 0 radical (unpaired) electrons. The minimum absolute atomic E-state index is 0.119. The maximum absolute atomic E-state index is 13.0. The number of benzene rings is 2. The third kappa shape index (κ3) is 2.94. The molecule has 3 rings (SSSR count). The molecule has 0 unspecified atom stereocenters. The lowest BCUT2D eigenvalue weighted by molar-refractivity contribution is 0.103. The van der Waals surface area contributed by atoms with Crippen molar-refractivity contribution in [3.8, 4) is 0 Å². The predicted octanol–water partition coefficient (Wildman–Crippen LogP) is 5.37. The van der Waals surface area contributed by atoms with Crippen molar-refractivity contribution in [1.29, 1.82) is 0 Å². The summed E-state index contributed by atoms with van der Waals surface area (Å²) in [5.74, 6) is 0.119. The van der Waals surface area contributed by atoms with Crippen molar-refractivity contribution in [3.05, 3.63) is 71.4 Å². The van der Waals surface area contributed by atoms with E-state index in [0.29, 0.717) is 0 Å². The van der Waals surface area contributed by atoms with Gasteiger partial charge >= 0.3 is 0 Å². The van der Waals surface area contributed by atoms with Gasteiger partial charge in [-0.05, 0) is 19.4 Å². The molecule has 118 valence electrons. The quantitative estimate of drug-likeness (QED) is 0.443. The highest BCUT2D eigenvalue weighted by Gasteiger charge is 2.20. The monoisotopic (exact) mass is 305 g/mol. The van der Waals surface area contributed by atoms with Gasteiger partial charge in [-0.15, -0.1) is 0 Å². The summed E-state index contributed by atoms with van der Waals surface area (Å²) in [6.45, 7) is 5.26. The lowest BCUT2D eigenvalue weighted by Crippen LogP contribution is -2.05. The molecule has 23 heavy (non-hydrogen) atoms. The molecule has 0 bridgehead atoms. The number of nitrogens with zero attached hydrogens (tertiary/aromatic N) is 1. The number of hydrogen-bond acceptors (Lipinski definition) is 1. The smallest absolute Gasteiger partial charge is 0.195 e. The highest BCUT2D eigenvalue weighted by atomic mass is 16.1. The third-order valence-corrected chi connectivity index (χ3v) is 4.48. The molecule has 1 heterocycles. The van der Waals surface area contributed by atoms with E-state index >= 15 is 0 Å². The number of carbonyl (C=O) groups excluding carboxylic acids is 1. The highest BCUT2D eigenvalue weighted by Crippen LogP contribution is 2.28. The lowest BCUT2D eigenvalue weighted by atomic mass is 10.0. The van der Waals surface area contributed by atoms with Crippen LogP contribution in [0.15, 0.2) is 54.6 Å². The summed E-state index contributed by atoms with van der Waals surface area (Å²) in [4.78, 5) is 13.0. The Hall–Kier alpha value is -2.35. The molecule has 2 heteroatoms. The fourth-order valence-corrected chi connectivity index (χ4v) is 3.26. The molecule has 0 saturated heterocycles. The van der Waals surface area contributed by atoms with Gasteiger partial charge in [-0.2, -0.15) is 0 Å². The molecule has 0 aliphatic carbocycles. The zero-order valence-corrected chi connectivity index (χ0v) is 13.9. The van der Waals surface area contributed by atoms with Crippen LogP contribution in [0.2, 0.25) is 0 Å². The molecule has 0 saturated carbocycles.